The van der Waals surface area contributed by atoms with Gasteiger partial charge >= 0.3 is 0 Å². The van der Waals surface area contributed by atoms with Crippen LogP contribution in [0, 0.1) is 0 Å². The van der Waals surface area contributed by atoms with Gasteiger partial charge in [-0.2, -0.15) is 5.10 Å². The molecule has 0 saturated carbocycles. The average molecular weight is 248 g/mol. The smallest absolute Gasteiger partial charge is 0.0534 e. The van der Waals surface area contributed by atoms with Gasteiger partial charge in [0.05, 0.1) is 6.20 Å². The second-order valence-electron chi connectivity index (χ2n) is 5.41. The van der Waals surface area contributed by atoms with Gasteiger partial charge in [0.25, 0.3) is 0 Å². The van der Waals surface area contributed by atoms with Gasteiger partial charge in [0.1, 0.15) is 0 Å². The van der Waals surface area contributed by atoms with Crippen LogP contribution in [0.2, 0.25) is 0 Å². The van der Waals surface area contributed by atoms with Gasteiger partial charge in [-0.25, -0.2) is 0 Å². The maximum Gasteiger partial charge on any atom is 0.0534 e. The van der Waals surface area contributed by atoms with Gasteiger partial charge in [0.15, 0.2) is 0 Å². The summed E-state index contributed by atoms with van der Waals surface area (Å²) in [4.78, 5) is 2.49. The number of rotatable bonds is 5. The zero-order valence-electron chi connectivity index (χ0n) is 11.5. The SMILES string of the molecule is C=C(C)CN1CCC(NCc2cnn(C)c2)CC1. The van der Waals surface area contributed by atoms with Crippen molar-refractivity contribution in [3.8, 4) is 0 Å². The second kappa shape index (κ2) is 6.16. The third kappa shape index (κ3) is 3.96. The summed E-state index contributed by atoms with van der Waals surface area (Å²) in [5.74, 6) is 0. The zero-order chi connectivity index (χ0) is 13.0. The fourth-order valence-electron chi connectivity index (χ4n) is 2.50. The van der Waals surface area contributed by atoms with Gasteiger partial charge in [-0.15, -0.1) is 0 Å². The first-order valence-corrected chi connectivity index (χ1v) is 6.71. The van der Waals surface area contributed by atoms with Crippen molar-refractivity contribution >= 4 is 0 Å². The van der Waals surface area contributed by atoms with Crippen LogP contribution in [0.25, 0.3) is 0 Å². The third-order valence-corrected chi connectivity index (χ3v) is 3.43. The van der Waals surface area contributed by atoms with Crippen LogP contribution < -0.4 is 5.32 Å². The first kappa shape index (κ1) is 13.3. The zero-order valence-corrected chi connectivity index (χ0v) is 11.5. The Kier molecular flexibility index (Phi) is 4.55. The van der Waals surface area contributed by atoms with E-state index in [1.54, 1.807) is 0 Å². The van der Waals surface area contributed by atoms with Crippen molar-refractivity contribution in [1.29, 1.82) is 0 Å². The lowest BCUT2D eigenvalue weighted by molar-refractivity contribution is 0.211. The molecule has 1 aromatic heterocycles. The van der Waals surface area contributed by atoms with Gasteiger partial charge in [-0.1, -0.05) is 12.2 Å². The van der Waals surface area contributed by atoms with Crippen LogP contribution in [-0.4, -0.2) is 40.4 Å². The molecule has 2 heterocycles. The number of aromatic nitrogens is 2. The minimum atomic E-state index is 0.645. The first-order valence-electron chi connectivity index (χ1n) is 6.71. The van der Waals surface area contributed by atoms with Crippen LogP contribution in [0.1, 0.15) is 25.3 Å². The Balaban J connectivity index is 1.69. The predicted molar refractivity (Wildman–Crippen MR) is 74.3 cm³/mol. The molecule has 100 valence electrons. The van der Waals surface area contributed by atoms with Crippen LogP contribution in [0.15, 0.2) is 24.5 Å². The molecule has 1 N–H and O–H groups in total. The van der Waals surface area contributed by atoms with Crippen molar-refractivity contribution in [3.63, 3.8) is 0 Å². The summed E-state index contributed by atoms with van der Waals surface area (Å²) >= 11 is 0. The first-order chi connectivity index (χ1) is 8.63. The molecule has 1 saturated heterocycles. The molecular formula is C14H24N4. The molecule has 0 atom stereocenters. The number of aryl methyl sites for hydroxylation is 1. The number of nitrogens with one attached hydrogen (secondary N) is 1. The lowest BCUT2D eigenvalue weighted by Gasteiger charge is -2.32. The summed E-state index contributed by atoms with van der Waals surface area (Å²) in [5.41, 5.74) is 2.53. The van der Waals surface area contributed by atoms with Crippen LogP contribution in [0.5, 0.6) is 0 Å². The highest BCUT2D eigenvalue weighted by atomic mass is 15.2. The van der Waals surface area contributed by atoms with E-state index in [0.29, 0.717) is 6.04 Å². The molecule has 0 aliphatic carbocycles. The van der Waals surface area contributed by atoms with Gasteiger partial charge in [0, 0.05) is 37.9 Å². The van der Waals surface area contributed by atoms with E-state index in [1.807, 2.05) is 17.9 Å². The van der Waals surface area contributed by atoms with Crippen molar-refractivity contribution in [2.45, 2.75) is 32.4 Å². The largest absolute Gasteiger partial charge is 0.310 e. The fraction of sp³-hybridized carbons (Fsp3) is 0.643. The highest BCUT2D eigenvalue weighted by molar-refractivity contribution is 5.03. The topological polar surface area (TPSA) is 33.1 Å². The molecule has 0 spiro atoms. The number of hydrogen-bond donors (Lipinski definition) is 1. The summed E-state index contributed by atoms with van der Waals surface area (Å²) in [5, 5.41) is 7.81. The quantitative estimate of drug-likeness (QED) is 0.803. The maximum absolute atomic E-state index is 4.18. The van der Waals surface area contributed by atoms with Crippen molar-refractivity contribution < 1.29 is 0 Å². The number of likely N-dealkylation sites (tertiary alicyclic amines) is 1. The molecule has 1 aliphatic heterocycles. The molecule has 0 bridgehead atoms. The standard InChI is InChI=1S/C14H24N4/c1-12(2)10-18-6-4-14(5-7-18)15-8-13-9-16-17(3)11-13/h9,11,14-15H,1,4-8,10H2,2-3H3. The molecule has 0 aromatic carbocycles. The molecule has 4 nitrogen and oxygen atoms in total. The Morgan fingerprint density at radius 1 is 1.50 bits per heavy atom. The van der Waals surface area contributed by atoms with Crippen molar-refractivity contribution in [1.82, 2.24) is 20.0 Å². The van der Waals surface area contributed by atoms with E-state index in [-0.39, 0.29) is 0 Å². The molecular weight excluding hydrogens is 224 g/mol. The Morgan fingerprint density at radius 3 is 2.78 bits per heavy atom. The lowest BCUT2D eigenvalue weighted by Crippen LogP contribution is -2.42. The Bertz CT molecular complexity index is 388. The highest BCUT2D eigenvalue weighted by Gasteiger charge is 2.18. The van der Waals surface area contributed by atoms with Gasteiger partial charge in [0.2, 0.25) is 0 Å². The van der Waals surface area contributed by atoms with E-state index in [4.69, 9.17) is 0 Å². The van der Waals surface area contributed by atoms with E-state index < -0.39 is 0 Å². The van der Waals surface area contributed by atoms with E-state index in [2.05, 4.69) is 35.0 Å². The van der Waals surface area contributed by atoms with E-state index in [0.717, 1.165) is 13.1 Å². The monoisotopic (exact) mass is 248 g/mol. The molecule has 2 rings (SSSR count). The third-order valence-electron chi connectivity index (χ3n) is 3.43. The highest BCUT2D eigenvalue weighted by Crippen LogP contribution is 2.12. The molecule has 1 aliphatic rings. The molecule has 4 heteroatoms. The molecule has 0 unspecified atom stereocenters. The van der Waals surface area contributed by atoms with Crippen molar-refractivity contribution in [3.05, 3.63) is 30.1 Å². The van der Waals surface area contributed by atoms with E-state index >= 15 is 0 Å². The van der Waals surface area contributed by atoms with Gasteiger partial charge in [-0.05, 0) is 32.9 Å². The Morgan fingerprint density at radius 2 is 2.22 bits per heavy atom. The second-order valence-corrected chi connectivity index (χ2v) is 5.41. The normalized spacial score (nSPS) is 18.1. The lowest BCUT2D eigenvalue weighted by atomic mass is 10.0. The van der Waals surface area contributed by atoms with Gasteiger partial charge in [-0.3, -0.25) is 9.58 Å². The summed E-state index contributed by atoms with van der Waals surface area (Å²) in [6.07, 6.45) is 6.47. The van der Waals surface area contributed by atoms with Crippen LogP contribution in [0.3, 0.4) is 0 Å². The summed E-state index contributed by atoms with van der Waals surface area (Å²) < 4.78 is 1.85. The van der Waals surface area contributed by atoms with Gasteiger partial charge < -0.3 is 5.32 Å². The maximum atomic E-state index is 4.18. The van der Waals surface area contributed by atoms with Crippen LogP contribution in [-0.2, 0) is 13.6 Å². The average Bonchev–Trinajstić information content (AvgIpc) is 2.74. The number of piperidine rings is 1. The fourth-order valence-corrected chi connectivity index (χ4v) is 2.50. The molecule has 1 fully saturated rings. The summed E-state index contributed by atoms with van der Waals surface area (Å²) in [6.45, 7) is 10.4. The summed E-state index contributed by atoms with van der Waals surface area (Å²) in [7, 11) is 1.96. The van der Waals surface area contributed by atoms with Crippen LogP contribution in [0.4, 0.5) is 0 Å². The van der Waals surface area contributed by atoms with Crippen molar-refractivity contribution in [2.75, 3.05) is 19.6 Å². The number of nitrogens with zero attached hydrogens (tertiary/aromatic N) is 3. The Labute approximate surface area is 110 Å². The summed E-state index contributed by atoms with van der Waals surface area (Å²) in [6, 6.07) is 0.645. The molecule has 18 heavy (non-hydrogen) atoms. The number of hydrogen-bond acceptors (Lipinski definition) is 3. The predicted octanol–water partition coefficient (Wildman–Crippen LogP) is 1.55. The molecule has 1 aromatic rings. The van der Waals surface area contributed by atoms with E-state index in [1.165, 1.54) is 37.1 Å². The molecule has 0 radical (unpaired) electrons. The van der Waals surface area contributed by atoms with Crippen molar-refractivity contribution in [2.24, 2.45) is 7.05 Å². The van der Waals surface area contributed by atoms with Crippen LogP contribution >= 0.6 is 0 Å². The van der Waals surface area contributed by atoms with E-state index in [9.17, 15) is 0 Å². The molecule has 0 amide bonds. The minimum Gasteiger partial charge on any atom is -0.310 e. The Hall–Kier alpha value is -1.13. The minimum absolute atomic E-state index is 0.645.